The second kappa shape index (κ2) is 10.9. The van der Waals surface area contributed by atoms with Crippen LogP contribution in [-0.2, 0) is 19.6 Å². The molecule has 2 N–H and O–H groups in total. The van der Waals surface area contributed by atoms with E-state index in [9.17, 15) is 4.39 Å². The van der Waals surface area contributed by atoms with Crippen LogP contribution in [0.3, 0.4) is 0 Å². The average molecular weight is 445 g/mol. The van der Waals surface area contributed by atoms with Crippen LogP contribution >= 0.6 is 0 Å². The van der Waals surface area contributed by atoms with Crippen LogP contribution in [0.4, 0.5) is 4.39 Å². The molecule has 4 aromatic rings. The van der Waals surface area contributed by atoms with Crippen LogP contribution in [0.1, 0.15) is 16.7 Å². The van der Waals surface area contributed by atoms with Crippen molar-refractivity contribution in [2.24, 2.45) is 4.99 Å². The predicted molar refractivity (Wildman–Crippen MR) is 126 cm³/mol. The molecule has 8 heteroatoms. The van der Waals surface area contributed by atoms with Crippen LogP contribution in [0, 0.1) is 5.82 Å². The van der Waals surface area contributed by atoms with Gasteiger partial charge < -0.3 is 15.4 Å². The first kappa shape index (κ1) is 22.0. The van der Waals surface area contributed by atoms with Gasteiger partial charge in [0.1, 0.15) is 11.6 Å². The third-order valence-corrected chi connectivity index (χ3v) is 4.99. The lowest BCUT2D eigenvalue weighted by atomic mass is 10.1. The van der Waals surface area contributed by atoms with Crippen molar-refractivity contribution in [3.63, 3.8) is 0 Å². The highest BCUT2D eigenvalue weighted by molar-refractivity contribution is 5.79. The number of halogens is 1. The molecule has 0 unspecified atom stereocenters. The SMILES string of the molecule is CN=C(NCc1ccccc1Cn1cccn1)NCc1cccnc1Oc1cccc(F)c1. The zero-order chi connectivity index (χ0) is 22.9. The Morgan fingerprint density at radius 1 is 0.939 bits per heavy atom. The number of hydrogen-bond donors (Lipinski definition) is 2. The van der Waals surface area contributed by atoms with Crippen molar-refractivity contribution in [3.8, 4) is 11.6 Å². The zero-order valence-corrected chi connectivity index (χ0v) is 18.3. The van der Waals surface area contributed by atoms with Gasteiger partial charge in [0, 0.05) is 50.4 Å². The fourth-order valence-electron chi connectivity index (χ4n) is 3.32. The highest BCUT2D eigenvalue weighted by Gasteiger charge is 2.09. The first-order chi connectivity index (χ1) is 16.2. The van der Waals surface area contributed by atoms with Crippen LogP contribution in [0.15, 0.2) is 90.3 Å². The minimum absolute atomic E-state index is 0.361. The maximum atomic E-state index is 13.5. The standard InChI is InChI=1S/C25H25FN6O/c1-27-25(29-16-19-7-2-3-8-21(19)18-32-14-6-13-31-32)30-17-20-9-5-12-28-24(20)33-23-11-4-10-22(26)15-23/h2-15H,16-18H2,1H3,(H2,27,29,30). The van der Waals surface area contributed by atoms with Gasteiger partial charge in [0.2, 0.25) is 5.88 Å². The van der Waals surface area contributed by atoms with E-state index in [1.54, 1.807) is 31.6 Å². The van der Waals surface area contributed by atoms with Gasteiger partial charge in [-0.3, -0.25) is 9.67 Å². The molecule has 7 nitrogen and oxygen atoms in total. The van der Waals surface area contributed by atoms with E-state index in [1.165, 1.54) is 17.7 Å². The highest BCUT2D eigenvalue weighted by atomic mass is 19.1. The van der Waals surface area contributed by atoms with E-state index in [0.717, 1.165) is 11.1 Å². The van der Waals surface area contributed by atoms with Crippen molar-refractivity contribution in [1.82, 2.24) is 25.4 Å². The van der Waals surface area contributed by atoms with Gasteiger partial charge in [-0.05, 0) is 35.4 Å². The van der Waals surface area contributed by atoms with E-state index in [0.29, 0.717) is 37.2 Å². The van der Waals surface area contributed by atoms with E-state index in [4.69, 9.17) is 4.74 Å². The van der Waals surface area contributed by atoms with Gasteiger partial charge in [-0.15, -0.1) is 0 Å². The van der Waals surface area contributed by atoms with Crippen LogP contribution in [-0.4, -0.2) is 27.8 Å². The van der Waals surface area contributed by atoms with E-state index < -0.39 is 0 Å². The summed E-state index contributed by atoms with van der Waals surface area (Å²) in [6.07, 6.45) is 5.36. The highest BCUT2D eigenvalue weighted by Crippen LogP contribution is 2.23. The normalized spacial score (nSPS) is 11.3. The van der Waals surface area contributed by atoms with Crippen molar-refractivity contribution in [1.29, 1.82) is 0 Å². The molecule has 0 bridgehead atoms. The van der Waals surface area contributed by atoms with E-state index in [-0.39, 0.29) is 5.82 Å². The van der Waals surface area contributed by atoms with E-state index in [1.807, 2.05) is 41.2 Å². The molecule has 0 saturated carbocycles. The molecule has 0 saturated heterocycles. The summed E-state index contributed by atoms with van der Waals surface area (Å²) in [7, 11) is 1.72. The van der Waals surface area contributed by atoms with Crippen molar-refractivity contribution in [3.05, 3.63) is 108 Å². The summed E-state index contributed by atoms with van der Waals surface area (Å²) in [6, 6.07) is 19.9. The minimum Gasteiger partial charge on any atom is -0.439 e. The first-order valence-corrected chi connectivity index (χ1v) is 10.6. The maximum absolute atomic E-state index is 13.5. The minimum atomic E-state index is -0.361. The fraction of sp³-hybridized carbons (Fsp3) is 0.160. The summed E-state index contributed by atoms with van der Waals surface area (Å²) >= 11 is 0. The largest absolute Gasteiger partial charge is 0.439 e. The van der Waals surface area contributed by atoms with Crippen molar-refractivity contribution >= 4 is 5.96 Å². The number of pyridine rings is 1. The second-order valence-corrected chi connectivity index (χ2v) is 7.28. The van der Waals surface area contributed by atoms with Crippen molar-refractivity contribution in [2.75, 3.05) is 7.05 Å². The number of aromatic nitrogens is 3. The van der Waals surface area contributed by atoms with E-state index in [2.05, 4.69) is 37.8 Å². The Bertz CT molecular complexity index is 1210. The van der Waals surface area contributed by atoms with Gasteiger partial charge >= 0.3 is 0 Å². The molecule has 0 aliphatic heterocycles. The van der Waals surface area contributed by atoms with Crippen LogP contribution in [0.2, 0.25) is 0 Å². The molecular weight excluding hydrogens is 419 g/mol. The molecule has 2 aromatic carbocycles. The smallest absolute Gasteiger partial charge is 0.224 e. The van der Waals surface area contributed by atoms with Gasteiger partial charge in [-0.2, -0.15) is 5.10 Å². The lowest BCUT2D eigenvalue weighted by Gasteiger charge is -2.15. The van der Waals surface area contributed by atoms with Gasteiger partial charge in [-0.25, -0.2) is 9.37 Å². The first-order valence-electron chi connectivity index (χ1n) is 10.6. The summed E-state index contributed by atoms with van der Waals surface area (Å²) in [5, 5.41) is 10.9. The summed E-state index contributed by atoms with van der Waals surface area (Å²) in [4.78, 5) is 8.61. The van der Waals surface area contributed by atoms with Crippen LogP contribution in [0.5, 0.6) is 11.6 Å². The monoisotopic (exact) mass is 444 g/mol. The molecule has 168 valence electrons. The summed E-state index contributed by atoms with van der Waals surface area (Å²) in [5.41, 5.74) is 3.17. The number of ether oxygens (including phenoxy) is 1. The number of benzene rings is 2. The van der Waals surface area contributed by atoms with Crippen LogP contribution in [0.25, 0.3) is 0 Å². The Labute approximate surface area is 192 Å². The topological polar surface area (TPSA) is 76.4 Å². The molecule has 0 fully saturated rings. The third kappa shape index (κ3) is 6.16. The molecule has 4 rings (SSSR count). The van der Waals surface area contributed by atoms with E-state index >= 15 is 0 Å². The molecule has 0 aliphatic carbocycles. The number of rotatable bonds is 8. The second-order valence-electron chi connectivity index (χ2n) is 7.28. The van der Waals surface area contributed by atoms with Crippen molar-refractivity contribution < 1.29 is 9.13 Å². The molecule has 0 amide bonds. The van der Waals surface area contributed by atoms with Crippen LogP contribution < -0.4 is 15.4 Å². The number of nitrogens with one attached hydrogen (secondary N) is 2. The zero-order valence-electron chi connectivity index (χ0n) is 18.3. The number of guanidine groups is 1. The molecule has 0 atom stereocenters. The predicted octanol–water partition coefficient (Wildman–Crippen LogP) is 4.12. The quantitative estimate of drug-likeness (QED) is 0.316. The number of hydrogen-bond acceptors (Lipinski definition) is 4. The molecule has 0 radical (unpaired) electrons. The maximum Gasteiger partial charge on any atom is 0.224 e. The summed E-state index contributed by atoms with van der Waals surface area (Å²) in [5.74, 6) is 1.09. The summed E-state index contributed by atoms with van der Waals surface area (Å²) < 4.78 is 21.2. The Kier molecular flexibility index (Phi) is 7.27. The number of nitrogens with zero attached hydrogens (tertiary/aromatic N) is 4. The van der Waals surface area contributed by atoms with Gasteiger partial charge in [0.25, 0.3) is 0 Å². The molecule has 0 spiro atoms. The molecule has 2 aromatic heterocycles. The molecule has 33 heavy (non-hydrogen) atoms. The van der Waals surface area contributed by atoms with Crippen molar-refractivity contribution in [2.45, 2.75) is 19.6 Å². The third-order valence-electron chi connectivity index (χ3n) is 4.99. The summed E-state index contributed by atoms with van der Waals surface area (Å²) in [6.45, 7) is 1.75. The molecule has 2 heterocycles. The Hall–Kier alpha value is -4.20. The Morgan fingerprint density at radius 3 is 2.48 bits per heavy atom. The lowest BCUT2D eigenvalue weighted by molar-refractivity contribution is 0.450. The molecule has 0 aliphatic rings. The number of aliphatic imine (C=N–C) groups is 1. The van der Waals surface area contributed by atoms with Gasteiger partial charge in [0.15, 0.2) is 5.96 Å². The fourth-order valence-corrected chi connectivity index (χ4v) is 3.32. The van der Waals surface area contributed by atoms with Gasteiger partial charge in [-0.1, -0.05) is 36.4 Å². The lowest BCUT2D eigenvalue weighted by Crippen LogP contribution is -2.36. The Balaban J connectivity index is 1.37. The molecular formula is C25H25FN6O. The van der Waals surface area contributed by atoms with Gasteiger partial charge in [0.05, 0.1) is 6.54 Å². The average Bonchev–Trinajstić information content (AvgIpc) is 3.34. The Morgan fingerprint density at radius 2 is 1.73 bits per heavy atom.